The molecule has 0 spiro atoms. The minimum absolute atomic E-state index is 0.107. The second-order valence-electron chi connectivity index (χ2n) is 9.16. The van der Waals surface area contributed by atoms with Gasteiger partial charge < -0.3 is 24.3 Å². The number of carbonyl (C=O) groups is 2. The number of hydrogen-bond donors (Lipinski definition) is 2. The Bertz CT molecular complexity index is 1410. The molecule has 3 aromatic carbocycles. The van der Waals surface area contributed by atoms with Crippen molar-refractivity contribution in [3.05, 3.63) is 81.3 Å². The van der Waals surface area contributed by atoms with E-state index in [0.717, 1.165) is 5.56 Å². The molecule has 0 saturated carbocycles. The molecule has 210 valence electrons. The fourth-order valence-corrected chi connectivity index (χ4v) is 4.29. The van der Waals surface area contributed by atoms with Crippen LogP contribution in [0.4, 0.5) is 0 Å². The van der Waals surface area contributed by atoms with E-state index in [2.05, 4.69) is 15.8 Å². The molecule has 11 heteroatoms. The molecule has 0 aliphatic carbocycles. The monoisotopic (exact) mass is 585 g/mol. The van der Waals surface area contributed by atoms with E-state index in [0.29, 0.717) is 50.8 Å². The van der Waals surface area contributed by atoms with Gasteiger partial charge in [0.05, 0.1) is 12.8 Å². The number of hydrogen-bond acceptors (Lipinski definition) is 7. The number of benzene rings is 3. The summed E-state index contributed by atoms with van der Waals surface area (Å²) < 4.78 is 22.3. The first-order valence-electron chi connectivity index (χ1n) is 12.6. The highest BCUT2D eigenvalue weighted by molar-refractivity contribution is 6.35. The largest absolute Gasteiger partial charge is 0.490 e. The summed E-state index contributed by atoms with van der Waals surface area (Å²) in [5.41, 5.74) is 4.32. The van der Waals surface area contributed by atoms with Crippen molar-refractivity contribution < 1.29 is 28.5 Å². The van der Waals surface area contributed by atoms with Crippen molar-refractivity contribution in [1.82, 2.24) is 10.7 Å². The van der Waals surface area contributed by atoms with Gasteiger partial charge in [-0.2, -0.15) is 5.10 Å². The number of carbonyl (C=O) groups excluding carboxylic acids is 2. The third-order valence-electron chi connectivity index (χ3n) is 5.92. The van der Waals surface area contributed by atoms with Crippen LogP contribution in [0.2, 0.25) is 10.0 Å². The number of amides is 2. The molecule has 0 saturated heterocycles. The van der Waals surface area contributed by atoms with E-state index in [1.165, 1.54) is 6.21 Å². The van der Waals surface area contributed by atoms with Crippen molar-refractivity contribution >= 4 is 41.2 Å². The maximum absolute atomic E-state index is 12.9. The average Bonchev–Trinajstić information content (AvgIpc) is 3.40. The zero-order valence-electron chi connectivity index (χ0n) is 22.2. The predicted molar refractivity (Wildman–Crippen MR) is 153 cm³/mol. The van der Waals surface area contributed by atoms with Gasteiger partial charge in [-0.25, -0.2) is 5.43 Å². The lowest BCUT2D eigenvalue weighted by atomic mass is 10.0. The van der Waals surface area contributed by atoms with E-state index in [1.54, 1.807) is 54.6 Å². The molecule has 1 aliphatic heterocycles. The maximum Gasteiger partial charge on any atom is 0.262 e. The van der Waals surface area contributed by atoms with Crippen LogP contribution >= 0.6 is 23.2 Å². The maximum atomic E-state index is 12.9. The highest BCUT2D eigenvalue weighted by Gasteiger charge is 2.25. The molecule has 40 heavy (non-hydrogen) atoms. The van der Waals surface area contributed by atoms with Crippen LogP contribution in [0.25, 0.3) is 0 Å². The zero-order chi connectivity index (χ0) is 28.6. The molecule has 0 aromatic heterocycles. The molecular formula is C29H29Cl2N3O6. The van der Waals surface area contributed by atoms with Crippen LogP contribution in [-0.4, -0.2) is 37.5 Å². The summed E-state index contributed by atoms with van der Waals surface area (Å²) in [7, 11) is 0. The Labute approximate surface area is 242 Å². The summed E-state index contributed by atoms with van der Waals surface area (Å²) in [6, 6.07) is 14.5. The lowest BCUT2D eigenvalue weighted by Gasteiger charge is -2.20. The molecule has 3 aromatic rings. The molecular weight excluding hydrogens is 557 g/mol. The summed E-state index contributed by atoms with van der Waals surface area (Å²) >= 11 is 12.2. The van der Waals surface area contributed by atoms with Crippen LogP contribution in [0.3, 0.4) is 0 Å². The Morgan fingerprint density at radius 1 is 1.00 bits per heavy atom. The van der Waals surface area contributed by atoms with Crippen molar-refractivity contribution in [2.24, 2.45) is 11.0 Å². The topological polar surface area (TPSA) is 107 Å². The number of halogens is 2. The zero-order valence-corrected chi connectivity index (χ0v) is 23.7. The quantitative estimate of drug-likeness (QED) is 0.224. The number of ether oxygens (including phenoxy) is 4. The van der Waals surface area contributed by atoms with Gasteiger partial charge in [0.2, 0.25) is 6.79 Å². The lowest BCUT2D eigenvalue weighted by Crippen LogP contribution is -2.48. The molecule has 1 unspecified atom stereocenters. The van der Waals surface area contributed by atoms with Gasteiger partial charge in [0.1, 0.15) is 12.6 Å². The van der Waals surface area contributed by atoms with Gasteiger partial charge in [0.25, 0.3) is 11.8 Å². The van der Waals surface area contributed by atoms with Gasteiger partial charge in [-0.1, -0.05) is 43.1 Å². The van der Waals surface area contributed by atoms with Crippen molar-refractivity contribution in [3.63, 3.8) is 0 Å². The van der Waals surface area contributed by atoms with Crippen LogP contribution in [0, 0.1) is 5.92 Å². The molecule has 1 atom stereocenters. The minimum atomic E-state index is -0.815. The van der Waals surface area contributed by atoms with Crippen molar-refractivity contribution in [1.29, 1.82) is 0 Å². The summed E-state index contributed by atoms with van der Waals surface area (Å²) in [4.78, 5) is 25.7. The summed E-state index contributed by atoms with van der Waals surface area (Å²) in [5, 5.41) is 7.90. The van der Waals surface area contributed by atoms with Gasteiger partial charge in [-0.3, -0.25) is 9.59 Å². The molecule has 1 aliphatic rings. The Balaban J connectivity index is 1.38. The second-order valence-corrected chi connectivity index (χ2v) is 10.0. The lowest BCUT2D eigenvalue weighted by molar-refractivity contribution is -0.123. The predicted octanol–water partition coefficient (Wildman–Crippen LogP) is 5.60. The average molecular weight is 586 g/mol. The van der Waals surface area contributed by atoms with Crippen LogP contribution in [-0.2, 0) is 11.4 Å². The first-order valence-corrected chi connectivity index (χ1v) is 13.4. The van der Waals surface area contributed by atoms with E-state index in [9.17, 15) is 9.59 Å². The van der Waals surface area contributed by atoms with E-state index in [1.807, 2.05) is 20.8 Å². The van der Waals surface area contributed by atoms with Gasteiger partial charge >= 0.3 is 0 Å². The Morgan fingerprint density at radius 3 is 2.55 bits per heavy atom. The summed E-state index contributed by atoms with van der Waals surface area (Å²) in [6.45, 7) is 6.29. The van der Waals surface area contributed by atoms with Crippen molar-refractivity contribution in [2.75, 3.05) is 13.4 Å². The highest BCUT2D eigenvalue weighted by atomic mass is 35.5. The molecule has 4 rings (SSSR count). The van der Waals surface area contributed by atoms with Gasteiger partial charge in [0.15, 0.2) is 23.0 Å². The van der Waals surface area contributed by atoms with Crippen molar-refractivity contribution in [2.45, 2.75) is 33.4 Å². The van der Waals surface area contributed by atoms with E-state index < -0.39 is 17.9 Å². The van der Waals surface area contributed by atoms with Gasteiger partial charge in [0, 0.05) is 21.2 Å². The number of nitrogens with zero attached hydrogens (tertiary/aromatic N) is 1. The number of nitrogens with one attached hydrogen (secondary N) is 2. The van der Waals surface area contributed by atoms with Crippen LogP contribution < -0.4 is 29.7 Å². The fraction of sp³-hybridized carbons (Fsp3) is 0.276. The molecule has 2 amide bonds. The Hall–Kier alpha value is -3.95. The fourth-order valence-electron chi connectivity index (χ4n) is 3.82. The molecule has 1 heterocycles. The highest BCUT2D eigenvalue weighted by Crippen LogP contribution is 2.33. The number of hydrazone groups is 1. The number of rotatable bonds is 11. The first kappa shape index (κ1) is 29.0. The van der Waals surface area contributed by atoms with Crippen molar-refractivity contribution in [3.8, 4) is 23.0 Å². The molecule has 2 N–H and O–H groups in total. The third kappa shape index (κ3) is 7.37. The van der Waals surface area contributed by atoms with Crippen LogP contribution in [0.1, 0.15) is 42.3 Å². The SMILES string of the molecule is CCOc1cc(C=NNC(=O)C(NC(=O)c2ccc3c(c2)OCO3)C(C)C)ccc1OCc1ccc(Cl)cc1Cl. The van der Waals surface area contributed by atoms with E-state index >= 15 is 0 Å². The smallest absolute Gasteiger partial charge is 0.262 e. The van der Waals surface area contributed by atoms with E-state index in [-0.39, 0.29) is 19.3 Å². The van der Waals surface area contributed by atoms with Gasteiger partial charge in [-0.05, 0) is 66.9 Å². The van der Waals surface area contributed by atoms with Gasteiger partial charge in [-0.15, -0.1) is 0 Å². The van der Waals surface area contributed by atoms with Crippen LogP contribution in [0.15, 0.2) is 59.7 Å². The molecule has 0 radical (unpaired) electrons. The molecule has 0 fully saturated rings. The second kappa shape index (κ2) is 13.4. The Kier molecular flexibility index (Phi) is 9.74. The minimum Gasteiger partial charge on any atom is -0.490 e. The standard InChI is InChI=1S/C29H29Cl2N3O6/c1-4-37-25-11-18(5-9-23(25)38-15-20-6-8-21(30)13-22(20)31)14-32-34-29(36)27(17(2)3)33-28(35)19-7-10-24-26(12-19)40-16-39-24/h5-14,17,27H,4,15-16H2,1-3H3,(H,33,35)(H,34,36). The number of fused-ring (bicyclic) bond motifs is 1. The first-order chi connectivity index (χ1) is 19.2. The summed E-state index contributed by atoms with van der Waals surface area (Å²) in [5.74, 6) is 1.04. The Morgan fingerprint density at radius 2 is 1.80 bits per heavy atom. The summed E-state index contributed by atoms with van der Waals surface area (Å²) in [6.07, 6.45) is 1.48. The third-order valence-corrected chi connectivity index (χ3v) is 6.51. The van der Waals surface area contributed by atoms with Crippen LogP contribution in [0.5, 0.6) is 23.0 Å². The molecule has 0 bridgehead atoms. The normalized spacial score (nSPS) is 12.8. The molecule has 9 nitrogen and oxygen atoms in total. The van der Waals surface area contributed by atoms with E-state index in [4.69, 9.17) is 42.1 Å².